The summed E-state index contributed by atoms with van der Waals surface area (Å²) in [6.45, 7) is 20.9. The zero-order chi connectivity index (χ0) is 33.0. The maximum absolute atomic E-state index is 14.1. The predicted molar refractivity (Wildman–Crippen MR) is 190 cm³/mol. The normalized spacial score (nSPS) is 37.7. The van der Waals surface area contributed by atoms with Gasteiger partial charge in [-0.3, -0.25) is 0 Å². The van der Waals surface area contributed by atoms with E-state index in [2.05, 4.69) is 78.0 Å². The molecule has 0 radical (unpaired) electrons. The topological polar surface area (TPSA) is 58.5 Å². The first-order valence-corrected chi connectivity index (χ1v) is 27.9. The second-order valence-electron chi connectivity index (χ2n) is 14.9. The van der Waals surface area contributed by atoms with Crippen molar-refractivity contribution in [2.75, 3.05) is 6.61 Å². The van der Waals surface area contributed by atoms with Crippen LogP contribution in [-0.2, 0) is 28.8 Å². The van der Waals surface area contributed by atoms with Crippen molar-refractivity contribution in [2.24, 2.45) is 17.3 Å². The Hall–Kier alpha value is -0.771. The molecule has 1 fully saturated rings. The van der Waals surface area contributed by atoms with Gasteiger partial charge in [-0.15, -0.1) is 0 Å². The first-order valence-electron chi connectivity index (χ1n) is 18.1. The molecule has 0 amide bonds. The van der Waals surface area contributed by atoms with Gasteiger partial charge in [0.1, 0.15) is 0 Å². The molecular weight excluding hydrogens is 722 g/mol. The van der Waals surface area contributed by atoms with Gasteiger partial charge in [0.05, 0.1) is 0 Å². The molecule has 9 atom stereocenters. The summed E-state index contributed by atoms with van der Waals surface area (Å²) in [5, 5.41) is 8.33. The van der Waals surface area contributed by atoms with Crippen molar-refractivity contribution in [2.45, 2.75) is 144 Å². The Labute approximate surface area is 288 Å². The van der Waals surface area contributed by atoms with Crippen molar-refractivity contribution in [3.8, 4) is 0 Å². The van der Waals surface area contributed by atoms with E-state index in [-0.39, 0.29) is 54.1 Å². The van der Waals surface area contributed by atoms with Crippen LogP contribution >= 0.6 is 17.8 Å². The Kier molecular flexibility index (Phi) is 8.74. The average molecular weight is 776 g/mol. The van der Waals surface area contributed by atoms with E-state index in [1.807, 2.05) is 6.92 Å². The zero-order valence-electron chi connectivity index (χ0n) is 29.3. The van der Waals surface area contributed by atoms with Gasteiger partial charge in [-0.1, -0.05) is 0 Å². The van der Waals surface area contributed by atoms with Gasteiger partial charge in [0.15, 0.2) is 0 Å². The molecule has 7 rings (SSSR count). The molecule has 0 aromatic carbocycles. The first-order chi connectivity index (χ1) is 21.9. The Bertz CT molecular complexity index is 1560. The van der Waals surface area contributed by atoms with Crippen molar-refractivity contribution in [1.29, 1.82) is 0 Å². The van der Waals surface area contributed by atoms with E-state index < -0.39 is 22.1 Å². The first kappa shape index (κ1) is 33.7. The Balaban J connectivity index is 1.58. The number of ether oxygens (including phenoxy) is 1. The van der Waals surface area contributed by atoms with E-state index in [0.717, 1.165) is 50.5 Å². The maximum atomic E-state index is 14.1. The van der Waals surface area contributed by atoms with Crippen LogP contribution in [0.5, 0.6) is 0 Å². The summed E-state index contributed by atoms with van der Waals surface area (Å²) in [7, 11) is 16.6. The quantitative estimate of drug-likeness (QED) is 0.186. The number of fused-ring (bicyclic) bond motifs is 5. The van der Waals surface area contributed by atoms with Crippen LogP contribution in [-0.4, -0.2) is 71.4 Å². The summed E-state index contributed by atoms with van der Waals surface area (Å²) in [6, 6.07) is 1.08. The molecule has 1 saturated heterocycles. The van der Waals surface area contributed by atoms with E-state index in [9.17, 15) is 4.79 Å². The fourth-order valence-electron chi connectivity index (χ4n) is 11.6. The van der Waals surface area contributed by atoms with Gasteiger partial charge in [-0.05, 0) is 0 Å². The van der Waals surface area contributed by atoms with Gasteiger partial charge in [-0.2, -0.15) is 0 Å². The minimum absolute atomic E-state index is 0.0189. The van der Waals surface area contributed by atoms with Crippen molar-refractivity contribution in [3.63, 3.8) is 0 Å². The van der Waals surface area contributed by atoms with Gasteiger partial charge >= 0.3 is 290 Å². The van der Waals surface area contributed by atoms with Crippen molar-refractivity contribution in [3.05, 3.63) is 56.5 Å². The molecule has 1 aliphatic carbocycles. The third-order valence-electron chi connectivity index (χ3n) is 13.6. The number of carbonyl (C=O) groups is 1. The van der Waals surface area contributed by atoms with E-state index in [4.69, 9.17) is 22.6 Å². The summed E-state index contributed by atoms with van der Waals surface area (Å²) in [4.78, 5) is 14.1. The molecule has 46 heavy (non-hydrogen) atoms. The van der Waals surface area contributed by atoms with Crippen LogP contribution in [0.2, 0.25) is 0 Å². The van der Waals surface area contributed by atoms with Gasteiger partial charge in [0.25, 0.3) is 0 Å². The van der Waals surface area contributed by atoms with Crippen molar-refractivity contribution >= 4 is 40.5 Å². The third-order valence-corrected chi connectivity index (χ3v) is 25.1. The van der Waals surface area contributed by atoms with Crippen LogP contribution in [0.25, 0.3) is 0 Å². The Morgan fingerprint density at radius 3 is 2.26 bits per heavy atom. The standard InChI is InChI=1S/C37H54N4O2.2ClH.Sn/c1-10-23-19(6)29-17-33-25(12-3)21(8)34(40-33)26-15-27(36(42)43-14-5)37(13-4)22(9)30(41-35(26)37)18-32-24(11-2)20(7)28(39-32)16-31(23)38-29;;;/h15,22,26,28,30,32-35,39-40H,10-14,16-18H2,1-9H3;2*1H;/q-2;;;+4/p-2/t22?,26?,28?,30?,32?,33?,34?,35?,37-;;;/m1.../s1. The summed E-state index contributed by atoms with van der Waals surface area (Å²) in [5.41, 5.74) is 12.0. The molecular formula is C37H54Cl2N4O2Sn. The number of aromatic nitrogens is 1. The molecule has 0 spiro atoms. The summed E-state index contributed by atoms with van der Waals surface area (Å²) >= 11 is -4.50. The van der Waals surface area contributed by atoms with Crippen molar-refractivity contribution in [1.82, 2.24) is 16.5 Å². The van der Waals surface area contributed by atoms with Crippen LogP contribution in [0.4, 0.5) is 0 Å². The molecule has 6 heterocycles. The Morgan fingerprint density at radius 2 is 1.63 bits per heavy atom. The van der Waals surface area contributed by atoms with Gasteiger partial charge < -0.3 is 0 Å². The van der Waals surface area contributed by atoms with Gasteiger partial charge in [0, 0.05) is 0 Å². The van der Waals surface area contributed by atoms with Crippen LogP contribution in [0.3, 0.4) is 0 Å². The van der Waals surface area contributed by atoms with Crippen molar-refractivity contribution < 1.29 is 9.53 Å². The molecule has 6 bridgehead atoms. The summed E-state index contributed by atoms with van der Waals surface area (Å²) in [5.74, 6) is 0.0997. The number of hydrogen-bond acceptors (Lipinski definition) is 5. The molecule has 2 N–H and O–H groups in total. The van der Waals surface area contributed by atoms with Crippen LogP contribution in [0.15, 0.2) is 33.9 Å². The molecule has 9 heteroatoms. The minimum atomic E-state index is -4.50. The molecule has 5 aliphatic heterocycles. The molecule has 252 valence electrons. The monoisotopic (exact) mass is 776 g/mol. The van der Waals surface area contributed by atoms with E-state index >= 15 is 0 Å². The molecule has 8 unspecified atom stereocenters. The third kappa shape index (κ3) is 4.34. The van der Waals surface area contributed by atoms with E-state index in [0.29, 0.717) is 6.61 Å². The van der Waals surface area contributed by atoms with Gasteiger partial charge in [0.2, 0.25) is 0 Å². The number of esters is 1. The van der Waals surface area contributed by atoms with Crippen LogP contribution in [0.1, 0.15) is 104 Å². The molecule has 0 saturated carbocycles. The second-order valence-corrected chi connectivity index (χ2v) is 28.9. The number of nitrogens with one attached hydrogen (secondary N) is 2. The molecule has 6 nitrogen and oxygen atoms in total. The van der Waals surface area contributed by atoms with Crippen LogP contribution in [0, 0.1) is 24.2 Å². The molecule has 6 aliphatic rings. The zero-order valence-corrected chi connectivity index (χ0v) is 33.7. The molecule has 1 aromatic rings. The average Bonchev–Trinajstić information content (AvgIpc) is 3.75. The number of nitrogens with zero attached hydrogens (tertiary/aromatic N) is 2. The van der Waals surface area contributed by atoms with E-state index in [1.165, 1.54) is 39.2 Å². The Morgan fingerprint density at radius 1 is 0.957 bits per heavy atom. The number of halogens is 2. The summed E-state index contributed by atoms with van der Waals surface area (Å²) in [6.07, 6.45) is 8.94. The fraction of sp³-hybridized carbons (Fsp3) is 0.703. The van der Waals surface area contributed by atoms with E-state index in [1.54, 1.807) is 5.57 Å². The number of carbonyl (C=O) groups excluding carboxylic acids is 1. The number of rotatable bonds is 6. The molecule has 1 aromatic heterocycles. The fourth-order valence-corrected chi connectivity index (χ4v) is 25.5. The van der Waals surface area contributed by atoms with Gasteiger partial charge in [-0.25, -0.2) is 0 Å². The second kappa shape index (κ2) is 11.9. The van der Waals surface area contributed by atoms with Crippen LogP contribution < -0.4 is 10.6 Å². The summed E-state index contributed by atoms with van der Waals surface area (Å²) < 4.78 is 11.2. The SMILES string of the molecule is CCOC(=O)C1=CC2C3NC(Cc4c(C)c(CC)c5[n]4[Sn]([Cl])([Cl])[N]4C(CC6NC(C5)C(C)=C6CC)C(C)[C@@]1(CC)C24)C(CC)=C3C. The predicted octanol–water partition coefficient (Wildman–Crippen LogP) is 6.96. The number of hydrogen-bond donors (Lipinski definition) is 2.